The van der Waals surface area contributed by atoms with Gasteiger partial charge < -0.3 is 5.73 Å². The van der Waals surface area contributed by atoms with Gasteiger partial charge in [0.15, 0.2) is 0 Å². The predicted octanol–water partition coefficient (Wildman–Crippen LogP) is 4.12. The first kappa shape index (κ1) is 14.1. The first-order valence-electron chi connectivity index (χ1n) is 6.95. The van der Waals surface area contributed by atoms with Gasteiger partial charge >= 0.3 is 6.18 Å². The standard InChI is InChI=1S/C17H16F3N/c18-17(19,20)15-8-4-3-7-14(15)16(21)13-9-11-5-1-2-6-12(11)10-13/h1-8,13,16H,9-10,21H2. The number of hydrogen-bond donors (Lipinski definition) is 1. The van der Waals surface area contributed by atoms with E-state index in [-0.39, 0.29) is 11.5 Å². The molecule has 0 saturated carbocycles. The van der Waals surface area contributed by atoms with Gasteiger partial charge in [0.05, 0.1) is 5.56 Å². The largest absolute Gasteiger partial charge is 0.416 e. The Balaban J connectivity index is 1.90. The highest BCUT2D eigenvalue weighted by atomic mass is 19.4. The van der Waals surface area contributed by atoms with Gasteiger partial charge in [-0.2, -0.15) is 13.2 Å². The topological polar surface area (TPSA) is 26.0 Å². The van der Waals surface area contributed by atoms with Crippen LogP contribution in [0.25, 0.3) is 0 Å². The van der Waals surface area contributed by atoms with Gasteiger partial charge in [-0.05, 0) is 41.5 Å². The van der Waals surface area contributed by atoms with E-state index in [2.05, 4.69) is 0 Å². The van der Waals surface area contributed by atoms with Crippen LogP contribution in [0.15, 0.2) is 48.5 Å². The monoisotopic (exact) mass is 291 g/mol. The highest BCUT2D eigenvalue weighted by Gasteiger charge is 2.36. The number of alkyl halides is 3. The molecule has 0 fully saturated rings. The maximum atomic E-state index is 13.1. The van der Waals surface area contributed by atoms with Crippen molar-refractivity contribution in [3.05, 3.63) is 70.8 Å². The summed E-state index contributed by atoms with van der Waals surface area (Å²) < 4.78 is 39.3. The minimum atomic E-state index is -4.36. The molecular formula is C17H16F3N. The first-order chi connectivity index (χ1) is 9.97. The summed E-state index contributed by atoms with van der Waals surface area (Å²) in [5.74, 6) is 0.0194. The number of benzene rings is 2. The van der Waals surface area contributed by atoms with Crippen LogP contribution < -0.4 is 5.73 Å². The fourth-order valence-corrected chi connectivity index (χ4v) is 3.15. The molecule has 0 heterocycles. The van der Waals surface area contributed by atoms with Crippen LogP contribution in [0.3, 0.4) is 0 Å². The van der Waals surface area contributed by atoms with E-state index in [4.69, 9.17) is 5.73 Å². The molecule has 0 aliphatic heterocycles. The molecule has 1 unspecified atom stereocenters. The van der Waals surface area contributed by atoms with Gasteiger partial charge in [-0.25, -0.2) is 0 Å². The molecule has 2 aromatic carbocycles. The Hall–Kier alpha value is -1.81. The molecule has 3 rings (SSSR count). The summed E-state index contributed by atoms with van der Waals surface area (Å²) in [6.45, 7) is 0. The van der Waals surface area contributed by atoms with Gasteiger partial charge in [0.1, 0.15) is 0 Å². The number of nitrogens with two attached hydrogens (primary N) is 1. The summed E-state index contributed by atoms with van der Waals surface area (Å²) in [4.78, 5) is 0. The number of fused-ring (bicyclic) bond motifs is 1. The minimum Gasteiger partial charge on any atom is -0.324 e. The van der Waals surface area contributed by atoms with E-state index in [9.17, 15) is 13.2 Å². The second-order valence-corrected chi connectivity index (χ2v) is 5.55. The third kappa shape index (κ3) is 2.68. The van der Waals surface area contributed by atoms with E-state index >= 15 is 0 Å². The zero-order valence-corrected chi connectivity index (χ0v) is 11.4. The van der Waals surface area contributed by atoms with Crippen molar-refractivity contribution in [2.45, 2.75) is 25.1 Å². The molecule has 0 amide bonds. The van der Waals surface area contributed by atoms with Crippen molar-refractivity contribution in [3.8, 4) is 0 Å². The summed E-state index contributed by atoms with van der Waals surface area (Å²) in [6, 6.07) is 13.0. The van der Waals surface area contributed by atoms with Crippen molar-refractivity contribution in [1.82, 2.24) is 0 Å². The van der Waals surface area contributed by atoms with Crippen LogP contribution in [0.1, 0.15) is 28.3 Å². The van der Waals surface area contributed by atoms with Gasteiger partial charge in [0, 0.05) is 6.04 Å². The number of rotatable bonds is 2. The van der Waals surface area contributed by atoms with Crippen LogP contribution in [0.5, 0.6) is 0 Å². The summed E-state index contributed by atoms with van der Waals surface area (Å²) in [6.07, 6.45) is -2.88. The van der Waals surface area contributed by atoms with Crippen molar-refractivity contribution in [2.75, 3.05) is 0 Å². The zero-order chi connectivity index (χ0) is 15.0. The summed E-state index contributed by atoms with van der Waals surface area (Å²) in [5.41, 5.74) is 8.15. The normalized spacial score (nSPS) is 16.8. The third-order valence-corrected chi connectivity index (χ3v) is 4.22. The lowest BCUT2D eigenvalue weighted by molar-refractivity contribution is -0.138. The highest BCUT2D eigenvalue weighted by Crippen LogP contribution is 2.39. The molecule has 1 aliphatic carbocycles. The van der Waals surface area contributed by atoms with E-state index in [1.165, 1.54) is 23.3 Å². The lowest BCUT2D eigenvalue weighted by atomic mass is 9.88. The summed E-state index contributed by atoms with van der Waals surface area (Å²) in [5, 5.41) is 0. The van der Waals surface area contributed by atoms with E-state index in [0.717, 1.165) is 18.9 Å². The Labute approximate surface area is 121 Å². The van der Waals surface area contributed by atoms with Gasteiger partial charge in [-0.3, -0.25) is 0 Å². The summed E-state index contributed by atoms with van der Waals surface area (Å²) in [7, 11) is 0. The van der Waals surface area contributed by atoms with E-state index < -0.39 is 17.8 Å². The van der Waals surface area contributed by atoms with Crippen LogP contribution in [-0.4, -0.2) is 0 Å². The molecule has 4 heteroatoms. The quantitative estimate of drug-likeness (QED) is 0.885. The van der Waals surface area contributed by atoms with Crippen LogP contribution in [0.2, 0.25) is 0 Å². The first-order valence-corrected chi connectivity index (χ1v) is 6.95. The fourth-order valence-electron chi connectivity index (χ4n) is 3.15. The van der Waals surface area contributed by atoms with Crippen LogP contribution >= 0.6 is 0 Å². The van der Waals surface area contributed by atoms with Crippen molar-refractivity contribution in [1.29, 1.82) is 0 Å². The average Bonchev–Trinajstić information content (AvgIpc) is 2.89. The highest BCUT2D eigenvalue weighted by molar-refractivity contribution is 5.37. The number of hydrogen-bond acceptors (Lipinski definition) is 1. The lowest BCUT2D eigenvalue weighted by Gasteiger charge is -2.23. The van der Waals surface area contributed by atoms with E-state index in [1.807, 2.05) is 24.3 Å². The Morgan fingerprint density at radius 2 is 1.43 bits per heavy atom. The molecule has 21 heavy (non-hydrogen) atoms. The molecular weight excluding hydrogens is 275 g/mol. The second kappa shape index (κ2) is 5.19. The fraction of sp³-hybridized carbons (Fsp3) is 0.294. The van der Waals surface area contributed by atoms with Crippen molar-refractivity contribution >= 4 is 0 Å². The second-order valence-electron chi connectivity index (χ2n) is 5.55. The Morgan fingerprint density at radius 1 is 0.905 bits per heavy atom. The van der Waals surface area contributed by atoms with Crippen molar-refractivity contribution in [3.63, 3.8) is 0 Å². The third-order valence-electron chi connectivity index (χ3n) is 4.22. The lowest BCUT2D eigenvalue weighted by Crippen LogP contribution is -2.25. The predicted molar refractivity (Wildman–Crippen MR) is 75.7 cm³/mol. The minimum absolute atomic E-state index is 0.0194. The average molecular weight is 291 g/mol. The van der Waals surface area contributed by atoms with Gasteiger partial charge in [-0.15, -0.1) is 0 Å². The molecule has 1 atom stereocenters. The molecule has 110 valence electrons. The maximum Gasteiger partial charge on any atom is 0.416 e. The van der Waals surface area contributed by atoms with Crippen LogP contribution in [0, 0.1) is 5.92 Å². The molecule has 1 aliphatic rings. The number of halogens is 3. The molecule has 1 nitrogen and oxygen atoms in total. The molecule has 0 saturated heterocycles. The molecule has 0 bridgehead atoms. The van der Waals surface area contributed by atoms with E-state index in [1.54, 1.807) is 6.07 Å². The van der Waals surface area contributed by atoms with Gasteiger partial charge in [-0.1, -0.05) is 42.5 Å². The molecule has 2 N–H and O–H groups in total. The van der Waals surface area contributed by atoms with Crippen LogP contribution in [-0.2, 0) is 19.0 Å². The van der Waals surface area contributed by atoms with Crippen molar-refractivity contribution < 1.29 is 13.2 Å². The molecule has 0 radical (unpaired) electrons. The molecule has 0 spiro atoms. The Morgan fingerprint density at radius 3 is 2.00 bits per heavy atom. The smallest absolute Gasteiger partial charge is 0.324 e. The van der Waals surface area contributed by atoms with Crippen molar-refractivity contribution in [2.24, 2.45) is 11.7 Å². The maximum absolute atomic E-state index is 13.1. The molecule has 0 aromatic heterocycles. The Bertz CT molecular complexity index is 623. The summed E-state index contributed by atoms with van der Waals surface area (Å²) >= 11 is 0. The molecule has 2 aromatic rings. The SMILES string of the molecule is NC(c1ccccc1C(F)(F)F)C1Cc2ccccc2C1. The van der Waals surface area contributed by atoms with Crippen LogP contribution in [0.4, 0.5) is 13.2 Å². The van der Waals surface area contributed by atoms with Gasteiger partial charge in [0.25, 0.3) is 0 Å². The Kier molecular flexibility index (Phi) is 3.49. The van der Waals surface area contributed by atoms with E-state index in [0.29, 0.717) is 0 Å². The zero-order valence-electron chi connectivity index (χ0n) is 11.4. The van der Waals surface area contributed by atoms with Gasteiger partial charge in [0.2, 0.25) is 0 Å².